The minimum atomic E-state index is 0. The molecular formula is C16H20I2N-. The van der Waals surface area contributed by atoms with Gasteiger partial charge in [0.05, 0.1) is 0 Å². The van der Waals surface area contributed by atoms with Gasteiger partial charge in [0.2, 0.25) is 0 Å². The van der Waals surface area contributed by atoms with Gasteiger partial charge in [-0.25, -0.2) is 0 Å². The molecule has 0 aliphatic heterocycles. The third kappa shape index (κ3) is 5.79. The van der Waals surface area contributed by atoms with Gasteiger partial charge in [-0.15, -0.1) is 0 Å². The maximum atomic E-state index is 2.41. The highest BCUT2D eigenvalue weighted by Gasteiger charge is 2.14. The Morgan fingerprint density at radius 1 is 0.632 bits per heavy atom. The van der Waals surface area contributed by atoms with Gasteiger partial charge < -0.3 is 53.3 Å². The summed E-state index contributed by atoms with van der Waals surface area (Å²) < 4.78 is 0. The molecule has 19 heavy (non-hydrogen) atoms. The first-order chi connectivity index (χ1) is 8.27. The zero-order chi connectivity index (χ0) is 12.1. The van der Waals surface area contributed by atoms with Crippen LogP contribution < -0.4 is 53.3 Å². The smallest absolute Gasteiger partial charge is 0.109 e. The first-order valence-electron chi connectivity index (χ1n) is 6.22. The van der Waals surface area contributed by atoms with Crippen molar-refractivity contribution in [2.45, 2.75) is 25.9 Å². The van der Waals surface area contributed by atoms with E-state index >= 15 is 0 Å². The number of rotatable bonds is 4. The molecule has 1 nitrogen and oxygen atoms in total. The Morgan fingerprint density at radius 3 is 1.26 bits per heavy atom. The van der Waals surface area contributed by atoms with Crippen LogP contribution in [-0.4, -0.2) is 0 Å². The Labute approximate surface area is 150 Å². The van der Waals surface area contributed by atoms with E-state index in [0.29, 0.717) is 12.1 Å². The molecule has 1 unspecified atom stereocenters. The Bertz CT molecular complexity index is 401. The first-order valence-corrected chi connectivity index (χ1v) is 6.22. The predicted octanol–water partition coefficient (Wildman–Crippen LogP) is -2.92. The molecule has 0 bridgehead atoms. The molecule has 2 atom stereocenters. The fraction of sp³-hybridized carbons (Fsp3) is 0.250. The normalized spacial score (nSPS) is 12.7. The van der Waals surface area contributed by atoms with Crippen molar-refractivity contribution in [1.82, 2.24) is 0 Å². The lowest BCUT2D eigenvalue weighted by atomic mass is 10.0. The second-order valence-electron chi connectivity index (χ2n) is 4.59. The molecular weight excluding hydrogens is 460 g/mol. The van der Waals surface area contributed by atoms with Gasteiger partial charge in [0.1, 0.15) is 12.1 Å². The minimum Gasteiger partial charge on any atom is -1.00 e. The monoisotopic (exact) mass is 480 g/mol. The topological polar surface area (TPSA) is 16.6 Å². The van der Waals surface area contributed by atoms with Crippen LogP contribution in [0, 0.1) is 0 Å². The van der Waals surface area contributed by atoms with Crippen LogP contribution in [-0.2, 0) is 0 Å². The molecule has 0 radical (unpaired) electrons. The summed E-state index contributed by atoms with van der Waals surface area (Å²) in [6, 6.07) is 22.3. The molecule has 0 heterocycles. The number of halogens is 2. The fourth-order valence-corrected chi connectivity index (χ4v) is 2.17. The summed E-state index contributed by atoms with van der Waals surface area (Å²) in [5, 5.41) is 2.41. The van der Waals surface area contributed by atoms with Gasteiger partial charge in [-0.2, -0.15) is 0 Å². The third-order valence-corrected chi connectivity index (χ3v) is 3.23. The van der Waals surface area contributed by atoms with Crippen molar-refractivity contribution in [3.05, 3.63) is 71.8 Å². The number of hydrogen-bond donors (Lipinski definition) is 1. The Morgan fingerprint density at radius 2 is 0.947 bits per heavy atom. The van der Waals surface area contributed by atoms with Crippen LogP contribution in [0.4, 0.5) is 0 Å². The molecule has 2 N–H and O–H groups in total. The van der Waals surface area contributed by atoms with Gasteiger partial charge in [-0.05, 0) is 13.8 Å². The van der Waals surface area contributed by atoms with E-state index in [9.17, 15) is 0 Å². The molecule has 0 saturated carbocycles. The standard InChI is InChI=1S/C16H19N.2HI/c1-13(15-9-5-3-6-10-15)17-14(2)16-11-7-4-8-12-16;;/h3-14,17H,1-2H3;2*1H/p-1/t13-,14?;;/m1../s1. The van der Waals surface area contributed by atoms with Gasteiger partial charge in [0.15, 0.2) is 0 Å². The summed E-state index contributed by atoms with van der Waals surface area (Å²) in [4.78, 5) is 0. The lowest BCUT2D eigenvalue weighted by Crippen LogP contribution is -3.00. The molecule has 0 aliphatic carbocycles. The van der Waals surface area contributed by atoms with E-state index in [1.807, 2.05) is 0 Å². The molecule has 0 saturated heterocycles. The quantitative estimate of drug-likeness (QED) is 0.453. The molecule has 2 aromatic carbocycles. The third-order valence-electron chi connectivity index (χ3n) is 3.23. The highest BCUT2D eigenvalue weighted by atomic mass is 127. The first kappa shape index (κ1) is 18.9. The van der Waals surface area contributed by atoms with Crippen molar-refractivity contribution < 1.29 is 53.3 Å². The van der Waals surface area contributed by atoms with E-state index in [0.717, 1.165) is 0 Å². The molecule has 3 heteroatoms. The largest absolute Gasteiger partial charge is 1.00 e. The zero-order valence-corrected chi connectivity index (χ0v) is 15.6. The van der Waals surface area contributed by atoms with Gasteiger partial charge in [-0.3, -0.25) is 0 Å². The SMILES string of the molecule is CC([NH2+][C@H](C)c1ccccc1)c1ccccc1.[I-].[I-]. The number of hydrogen-bond acceptors (Lipinski definition) is 0. The molecule has 104 valence electrons. The van der Waals surface area contributed by atoms with E-state index in [2.05, 4.69) is 79.8 Å². The average Bonchev–Trinajstić information content (AvgIpc) is 2.40. The Balaban J connectivity index is 0.00000162. The van der Waals surface area contributed by atoms with E-state index in [1.165, 1.54) is 11.1 Å². The average molecular weight is 480 g/mol. The molecule has 0 fully saturated rings. The maximum Gasteiger partial charge on any atom is 0.109 e. The Kier molecular flexibility index (Phi) is 9.64. The Hall–Kier alpha value is -0.140. The van der Waals surface area contributed by atoms with Crippen LogP contribution in [0.1, 0.15) is 37.1 Å². The second-order valence-corrected chi connectivity index (χ2v) is 4.59. The molecule has 0 aromatic heterocycles. The summed E-state index contributed by atoms with van der Waals surface area (Å²) in [6.45, 7) is 4.52. The van der Waals surface area contributed by atoms with E-state index in [-0.39, 0.29) is 48.0 Å². The van der Waals surface area contributed by atoms with Crippen molar-refractivity contribution in [3.63, 3.8) is 0 Å². The second kappa shape index (κ2) is 9.72. The van der Waals surface area contributed by atoms with Gasteiger partial charge in [0.25, 0.3) is 0 Å². The molecule has 2 rings (SSSR count). The van der Waals surface area contributed by atoms with Crippen molar-refractivity contribution >= 4 is 0 Å². The van der Waals surface area contributed by atoms with E-state index < -0.39 is 0 Å². The molecule has 0 amide bonds. The summed E-state index contributed by atoms with van der Waals surface area (Å²) >= 11 is 0. The number of benzene rings is 2. The van der Waals surface area contributed by atoms with Crippen LogP contribution in [0.25, 0.3) is 0 Å². The van der Waals surface area contributed by atoms with Crippen molar-refractivity contribution in [1.29, 1.82) is 0 Å². The van der Waals surface area contributed by atoms with Crippen LogP contribution in [0.2, 0.25) is 0 Å². The van der Waals surface area contributed by atoms with E-state index in [1.54, 1.807) is 0 Å². The lowest BCUT2D eigenvalue weighted by Gasteiger charge is -2.17. The maximum absolute atomic E-state index is 2.41. The molecule has 0 aliphatic rings. The highest BCUT2D eigenvalue weighted by molar-refractivity contribution is 5.18. The van der Waals surface area contributed by atoms with Gasteiger partial charge >= 0.3 is 0 Å². The van der Waals surface area contributed by atoms with Crippen molar-refractivity contribution in [3.8, 4) is 0 Å². The van der Waals surface area contributed by atoms with Crippen molar-refractivity contribution in [2.75, 3.05) is 0 Å². The summed E-state index contributed by atoms with van der Waals surface area (Å²) in [7, 11) is 0. The zero-order valence-electron chi connectivity index (χ0n) is 11.3. The fourth-order valence-electron chi connectivity index (χ4n) is 2.17. The summed E-state index contributed by atoms with van der Waals surface area (Å²) in [6.07, 6.45) is 0. The summed E-state index contributed by atoms with van der Waals surface area (Å²) in [5.74, 6) is 0. The minimum absolute atomic E-state index is 0. The number of nitrogens with two attached hydrogens (primary N) is 1. The van der Waals surface area contributed by atoms with Crippen LogP contribution in [0.3, 0.4) is 0 Å². The van der Waals surface area contributed by atoms with Crippen LogP contribution >= 0.6 is 0 Å². The predicted molar refractivity (Wildman–Crippen MR) is 71.6 cm³/mol. The summed E-state index contributed by atoms with van der Waals surface area (Å²) in [5.41, 5.74) is 2.77. The van der Waals surface area contributed by atoms with Crippen molar-refractivity contribution in [2.24, 2.45) is 0 Å². The molecule has 2 aromatic rings. The molecule has 0 spiro atoms. The van der Waals surface area contributed by atoms with Crippen LogP contribution in [0.5, 0.6) is 0 Å². The van der Waals surface area contributed by atoms with Crippen LogP contribution in [0.15, 0.2) is 60.7 Å². The van der Waals surface area contributed by atoms with Gasteiger partial charge in [-0.1, -0.05) is 60.7 Å². The number of quaternary nitrogens is 1. The lowest BCUT2D eigenvalue weighted by molar-refractivity contribution is -0.728. The van der Waals surface area contributed by atoms with Gasteiger partial charge in [0, 0.05) is 11.1 Å². The van der Waals surface area contributed by atoms with E-state index in [4.69, 9.17) is 0 Å². The highest BCUT2D eigenvalue weighted by Crippen LogP contribution is 2.11.